The lowest BCUT2D eigenvalue weighted by atomic mass is 10.0. The van der Waals surface area contributed by atoms with Crippen molar-refractivity contribution in [3.05, 3.63) is 83.8 Å². The Morgan fingerprint density at radius 1 is 1.03 bits per heavy atom. The van der Waals surface area contributed by atoms with Crippen molar-refractivity contribution >= 4 is 17.5 Å². The van der Waals surface area contributed by atoms with Gasteiger partial charge in [-0.1, -0.05) is 18.2 Å². The van der Waals surface area contributed by atoms with Gasteiger partial charge in [0.1, 0.15) is 6.61 Å². The zero-order chi connectivity index (χ0) is 22.6. The number of carbonyl (C=O) groups is 1. The lowest BCUT2D eigenvalue weighted by Crippen LogP contribution is -2.47. The fraction of sp³-hybridized carbons (Fsp3) is 0.269. The van der Waals surface area contributed by atoms with Crippen LogP contribution in [0.25, 0.3) is 11.3 Å². The van der Waals surface area contributed by atoms with Crippen molar-refractivity contribution < 1.29 is 9.53 Å². The monoisotopic (exact) mass is 441 g/mol. The topological polar surface area (TPSA) is 70.6 Å². The van der Waals surface area contributed by atoms with Crippen LogP contribution in [0, 0.1) is 0 Å². The van der Waals surface area contributed by atoms with Crippen LogP contribution in [0.15, 0.2) is 67.1 Å². The molecule has 7 heteroatoms. The lowest BCUT2D eigenvalue weighted by molar-refractivity contribution is 0.0664. The Labute approximate surface area is 193 Å². The first-order chi connectivity index (χ1) is 16.1. The average Bonchev–Trinajstić information content (AvgIpc) is 2.84. The molecule has 2 aromatic carbocycles. The number of likely N-dealkylation sites (N-methyl/N-ethyl adjacent to an activating group) is 1. The van der Waals surface area contributed by atoms with Crippen LogP contribution < -0.4 is 5.32 Å². The van der Waals surface area contributed by atoms with Gasteiger partial charge in [-0.2, -0.15) is 0 Å². The van der Waals surface area contributed by atoms with E-state index in [1.807, 2.05) is 53.4 Å². The molecule has 6 bridgehead atoms. The Morgan fingerprint density at radius 2 is 1.91 bits per heavy atom. The van der Waals surface area contributed by atoms with Gasteiger partial charge >= 0.3 is 0 Å². The van der Waals surface area contributed by atoms with Gasteiger partial charge in [0, 0.05) is 49.2 Å². The van der Waals surface area contributed by atoms with Gasteiger partial charge in [0.2, 0.25) is 5.95 Å². The van der Waals surface area contributed by atoms with Crippen LogP contribution in [0.5, 0.6) is 0 Å². The Hall–Kier alpha value is -3.71. The van der Waals surface area contributed by atoms with Crippen molar-refractivity contribution in [1.82, 2.24) is 19.8 Å². The molecule has 3 aromatic rings. The summed E-state index contributed by atoms with van der Waals surface area (Å²) in [6.07, 6.45) is 6.10. The minimum Gasteiger partial charge on any atom is -0.497 e. The Morgan fingerprint density at radius 3 is 2.79 bits per heavy atom. The average molecular weight is 442 g/mol. The number of carbonyl (C=O) groups excluding carboxylic acids is 1. The third-order valence-corrected chi connectivity index (χ3v) is 5.96. The van der Waals surface area contributed by atoms with E-state index in [1.165, 1.54) is 0 Å². The van der Waals surface area contributed by atoms with E-state index in [-0.39, 0.29) is 5.91 Å². The first-order valence-electron chi connectivity index (χ1n) is 11.2. The van der Waals surface area contributed by atoms with Crippen LogP contribution in [-0.4, -0.2) is 58.9 Å². The molecular formula is C26H27N5O2. The van der Waals surface area contributed by atoms with E-state index < -0.39 is 0 Å². The maximum atomic E-state index is 13.3. The zero-order valence-electron chi connectivity index (χ0n) is 18.7. The molecule has 1 saturated heterocycles. The van der Waals surface area contributed by atoms with Gasteiger partial charge in [0.25, 0.3) is 5.91 Å². The van der Waals surface area contributed by atoms with Gasteiger partial charge in [-0.3, -0.25) is 4.79 Å². The van der Waals surface area contributed by atoms with E-state index in [9.17, 15) is 4.79 Å². The highest BCUT2D eigenvalue weighted by Crippen LogP contribution is 2.24. The molecular weight excluding hydrogens is 414 g/mol. The lowest BCUT2D eigenvalue weighted by Gasteiger charge is -2.32. The fourth-order valence-electron chi connectivity index (χ4n) is 4.12. The molecule has 0 spiro atoms. The number of amides is 1. The van der Waals surface area contributed by atoms with Crippen molar-refractivity contribution in [2.45, 2.75) is 13.0 Å². The highest BCUT2D eigenvalue weighted by atomic mass is 16.5. The molecule has 1 aromatic heterocycles. The van der Waals surface area contributed by atoms with E-state index in [0.29, 0.717) is 24.5 Å². The van der Waals surface area contributed by atoms with Gasteiger partial charge in [-0.15, -0.1) is 0 Å². The van der Waals surface area contributed by atoms with Crippen molar-refractivity contribution in [3.63, 3.8) is 0 Å². The zero-order valence-corrected chi connectivity index (χ0v) is 18.7. The van der Waals surface area contributed by atoms with E-state index in [2.05, 4.69) is 28.3 Å². The van der Waals surface area contributed by atoms with E-state index in [0.717, 1.165) is 54.3 Å². The number of benzene rings is 2. The fourth-order valence-corrected chi connectivity index (χ4v) is 4.12. The maximum Gasteiger partial charge on any atom is 0.254 e. The molecule has 0 atom stereocenters. The number of anilines is 2. The maximum absolute atomic E-state index is 13.3. The Kier molecular flexibility index (Phi) is 6.04. The molecule has 1 N–H and O–H groups in total. The third kappa shape index (κ3) is 5.04. The first-order valence-corrected chi connectivity index (χ1v) is 11.2. The van der Waals surface area contributed by atoms with E-state index in [1.54, 1.807) is 12.5 Å². The first kappa shape index (κ1) is 21.2. The van der Waals surface area contributed by atoms with Crippen LogP contribution in [0.1, 0.15) is 21.5 Å². The second-order valence-electron chi connectivity index (χ2n) is 8.49. The molecule has 5 rings (SSSR count). The molecule has 0 saturated carbocycles. The number of rotatable bonds is 1. The third-order valence-electron chi connectivity index (χ3n) is 5.96. The van der Waals surface area contributed by atoms with Crippen molar-refractivity contribution in [2.75, 3.05) is 38.5 Å². The largest absolute Gasteiger partial charge is 0.497 e. The molecule has 3 heterocycles. The number of nitrogens with zero attached hydrogens (tertiary/aromatic N) is 4. The highest BCUT2D eigenvalue weighted by Gasteiger charge is 2.21. The van der Waals surface area contributed by atoms with Crippen LogP contribution in [0.4, 0.5) is 11.6 Å². The molecule has 33 heavy (non-hydrogen) atoms. The summed E-state index contributed by atoms with van der Waals surface area (Å²) in [5.41, 5.74) is 5.37. The predicted molar refractivity (Wildman–Crippen MR) is 128 cm³/mol. The van der Waals surface area contributed by atoms with Crippen molar-refractivity contribution in [3.8, 4) is 11.3 Å². The number of aromatic nitrogens is 2. The second kappa shape index (κ2) is 9.42. The summed E-state index contributed by atoms with van der Waals surface area (Å²) >= 11 is 0. The number of nitrogens with one attached hydrogen (secondary N) is 1. The van der Waals surface area contributed by atoms with Gasteiger partial charge in [0.15, 0.2) is 0 Å². The smallest absolute Gasteiger partial charge is 0.254 e. The molecule has 2 aliphatic rings. The number of hydrogen-bond donors (Lipinski definition) is 1. The second-order valence-corrected chi connectivity index (χ2v) is 8.49. The number of hydrogen-bond acceptors (Lipinski definition) is 6. The summed E-state index contributed by atoms with van der Waals surface area (Å²) in [5, 5.41) is 3.31. The molecule has 0 radical (unpaired) electrons. The quantitative estimate of drug-likeness (QED) is 0.618. The Balaban J connectivity index is 1.49. The highest BCUT2D eigenvalue weighted by molar-refractivity contribution is 5.95. The molecule has 0 unspecified atom stereocenters. The standard InChI is InChI=1S/C26H27N5O2/c1-30-9-11-31(12-10-30)25(32)22-14-19-5-3-13-33-18-20-4-2-6-21(15-20)24-7-8-27-26(29-24)28-23(16-19)17-22/h2-4,6-8,13-17H,5,9-12,18H2,1H3,(H,27,28,29)/b13-3-. The van der Waals surface area contributed by atoms with Crippen molar-refractivity contribution in [2.24, 2.45) is 0 Å². The molecule has 0 aliphatic carbocycles. The van der Waals surface area contributed by atoms with Crippen LogP contribution in [-0.2, 0) is 17.8 Å². The molecule has 168 valence electrons. The molecule has 7 nitrogen and oxygen atoms in total. The number of piperazine rings is 1. The summed E-state index contributed by atoms with van der Waals surface area (Å²) in [7, 11) is 2.08. The van der Waals surface area contributed by atoms with E-state index >= 15 is 0 Å². The number of allylic oxidation sites excluding steroid dienone is 1. The van der Waals surface area contributed by atoms with Crippen molar-refractivity contribution in [1.29, 1.82) is 0 Å². The summed E-state index contributed by atoms with van der Waals surface area (Å²) < 4.78 is 5.75. The predicted octanol–water partition coefficient (Wildman–Crippen LogP) is 3.86. The normalized spacial score (nSPS) is 17.2. The minimum absolute atomic E-state index is 0.0526. The van der Waals surface area contributed by atoms with E-state index in [4.69, 9.17) is 9.72 Å². The summed E-state index contributed by atoms with van der Waals surface area (Å²) in [5.74, 6) is 0.548. The van der Waals surface area contributed by atoms with Crippen LogP contribution in [0.2, 0.25) is 0 Å². The Bertz CT molecular complexity index is 1180. The summed E-state index contributed by atoms with van der Waals surface area (Å²) in [6, 6.07) is 15.9. The van der Waals surface area contributed by atoms with Gasteiger partial charge in [-0.05, 0) is 61.0 Å². The van der Waals surface area contributed by atoms with Crippen LogP contribution >= 0.6 is 0 Å². The van der Waals surface area contributed by atoms with Gasteiger partial charge in [-0.25, -0.2) is 9.97 Å². The molecule has 1 amide bonds. The number of ether oxygens (including phenoxy) is 1. The minimum atomic E-state index is 0.0526. The van der Waals surface area contributed by atoms with Gasteiger partial charge < -0.3 is 19.9 Å². The summed E-state index contributed by atoms with van der Waals surface area (Å²) in [6.45, 7) is 3.73. The SMILES string of the molecule is CN1CCN(C(=O)c2cc3cc(c2)Nc2nccc(n2)-c2cccc(c2)CO/C=C\C3)CC1. The van der Waals surface area contributed by atoms with Gasteiger partial charge in [0.05, 0.1) is 12.0 Å². The molecule has 2 aliphatic heterocycles. The molecule has 1 fully saturated rings. The van der Waals surface area contributed by atoms with Crippen LogP contribution in [0.3, 0.4) is 0 Å². The summed E-state index contributed by atoms with van der Waals surface area (Å²) in [4.78, 5) is 26.5. The number of fused-ring (bicyclic) bond motifs is 7.